The number of carbonyl (C=O) groups excluding carboxylic acids is 1. The van der Waals surface area contributed by atoms with Gasteiger partial charge in [-0.2, -0.15) is 4.72 Å². The molecular weight excluding hydrogens is 434 g/mol. The van der Waals surface area contributed by atoms with Gasteiger partial charge >= 0.3 is 0 Å². The molecule has 0 aliphatic carbocycles. The second kappa shape index (κ2) is 10.6. The van der Waals surface area contributed by atoms with E-state index in [1.54, 1.807) is 30.4 Å². The average molecular weight is 466 g/mol. The third-order valence-corrected chi connectivity index (χ3v) is 8.23. The Morgan fingerprint density at radius 2 is 1.90 bits per heavy atom. The van der Waals surface area contributed by atoms with Crippen LogP contribution in [-0.4, -0.2) is 52.0 Å². The van der Waals surface area contributed by atoms with Crippen LogP contribution in [-0.2, 0) is 14.8 Å². The van der Waals surface area contributed by atoms with Crippen LogP contribution in [0, 0.1) is 5.92 Å². The van der Waals surface area contributed by atoms with E-state index in [4.69, 9.17) is 4.74 Å². The minimum Gasteiger partial charge on any atom is -0.497 e. The third-order valence-electron chi connectivity index (χ3n) is 5.70. The van der Waals surface area contributed by atoms with Crippen LogP contribution in [0.2, 0.25) is 0 Å². The normalized spacial score (nSPS) is 17.8. The molecule has 1 aromatic heterocycles. The first-order valence-corrected chi connectivity index (χ1v) is 12.9. The standard InChI is InChI=1S/C22H31N3O4S2/c1-16-10-12-25(13-11-16)20(21-5-4-14-30-21)15-23-22(26)17(2)24-31(27,28)19-8-6-18(29-3)7-9-19/h4-9,14,16-17,20,24H,10-13,15H2,1-3H3,(H,23,26)/t17-,20?/m0/s1. The van der Waals surface area contributed by atoms with E-state index in [0.29, 0.717) is 12.3 Å². The number of hydrogen-bond donors (Lipinski definition) is 2. The summed E-state index contributed by atoms with van der Waals surface area (Å²) in [4.78, 5) is 16.4. The van der Waals surface area contributed by atoms with Crippen molar-refractivity contribution in [2.24, 2.45) is 5.92 Å². The van der Waals surface area contributed by atoms with Crippen LogP contribution in [0.25, 0.3) is 0 Å². The number of sulfonamides is 1. The highest BCUT2D eigenvalue weighted by Gasteiger charge is 2.27. The molecule has 1 aromatic carbocycles. The summed E-state index contributed by atoms with van der Waals surface area (Å²) in [5.41, 5.74) is 0. The molecular formula is C22H31N3O4S2. The van der Waals surface area contributed by atoms with Gasteiger partial charge in [0, 0.05) is 11.4 Å². The maximum absolute atomic E-state index is 12.7. The Kier molecular flexibility index (Phi) is 8.10. The van der Waals surface area contributed by atoms with Crippen LogP contribution in [0.15, 0.2) is 46.7 Å². The number of nitrogens with one attached hydrogen (secondary N) is 2. The highest BCUT2D eigenvalue weighted by Crippen LogP contribution is 2.29. The second-order valence-electron chi connectivity index (χ2n) is 8.01. The second-order valence-corrected chi connectivity index (χ2v) is 10.7. The maximum atomic E-state index is 12.7. The molecule has 1 aliphatic heterocycles. The average Bonchev–Trinajstić information content (AvgIpc) is 3.29. The number of nitrogens with zero attached hydrogens (tertiary/aromatic N) is 1. The molecule has 0 saturated carbocycles. The summed E-state index contributed by atoms with van der Waals surface area (Å²) in [6, 6.07) is 9.38. The summed E-state index contributed by atoms with van der Waals surface area (Å²) < 4.78 is 32.7. The summed E-state index contributed by atoms with van der Waals surface area (Å²) in [6.45, 7) is 6.27. The van der Waals surface area contributed by atoms with Crippen LogP contribution in [0.5, 0.6) is 5.75 Å². The van der Waals surface area contributed by atoms with Crippen molar-refractivity contribution in [3.8, 4) is 5.75 Å². The van der Waals surface area contributed by atoms with Gasteiger partial charge in [0.2, 0.25) is 15.9 Å². The number of rotatable bonds is 9. The summed E-state index contributed by atoms with van der Waals surface area (Å²) in [6.07, 6.45) is 2.29. The Balaban J connectivity index is 1.60. The zero-order chi connectivity index (χ0) is 22.4. The Hall–Kier alpha value is -1.94. The molecule has 9 heteroatoms. The lowest BCUT2D eigenvalue weighted by atomic mass is 9.97. The fraction of sp³-hybridized carbons (Fsp3) is 0.500. The van der Waals surface area contributed by atoms with Crippen molar-refractivity contribution in [1.82, 2.24) is 14.9 Å². The van der Waals surface area contributed by atoms with E-state index in [2.05, 4.69) is 27.9 Å². The topological polar surface area (TPSA) is 87.7 Å². The van der Waals surface area contributed by atoms with Crippen molar-refractivity contribution < 1.29 is 17.9 Å². The number of benzene rings is 1. The Bertz CT molecular complexity index is 938. The zero-order valence-corrected chi connectivity index (χ0v) is 19.8. The molecule has 3 rings (SSSR count). The number of ether oxygens (including phenoxy) is 1. The number of piperidine rings is 1. The van der Waals surface area contributed by atoms with E-state index in [1.165, 1.54) is 24.1 Å². The van der Waals surface area contributed by atoms with Crippen molar-refractivity contribution in [3.63, 3.8) is 0 Å². The largest absolute Gasteiger partial charge is 0.497 e. The van der Waals surface area contributed by atoms with Crippen LogP contribution in [0.1, 0.15) is 37.6 Å². The molecule has 1 unspecified atom stereocenters. The molecule has 2 atom stereocenters. The first-order chi connectivity index (χ1) is 14.8. The van der Waals surface area contributed by atoms with Gasteiger partial charge in [-0.1, -0.05) is 13.0 Å². The first kappa shape index (κ1) is 23.7. The predicted octanol–water partition coefficient (Wildman–Crippen LogP) is 3.01. The lowest BCUT2D eigenvalue weighted by Crippen LogP contribution is -2.48. The predicted molar refractivity (Wildman–Crippen MR) is 123 cm³/mol. The summed E-state index contributed by atoms with van der Waals surface area (Å²) in [7, 11) is -2.30. The van der Waals surface area contributed by atoms with Crippen molar-refractivity contribution in [3.05, 3.63) is 46.7 Å². The van der Waals surface area contributed by atoms with Crippen LogP contribution in [0.4, 0.5) is 0 Å². The van der Waals surface area contributed by atoms with Gasteiger partial charge in [-0.15, -0.1) is 11.3 Å². The van der Waals surface area contributed by atoms with Crippen LogP contribution in [0.3, 0.4) is 0 Å². The fourth-order valence-electron chi connectivity index (χ4n) is 3.69. The first-order valence-electron chi connectivity index (χ1n) is 10.5. The molecule has 1 amide bonds. The highest BCUT2D eigenvalue weighted by molar-refractivity contribution is 7.89. The molecule has 0 radical (unpaired) electrons. The van der Waals surface area contributed by atoms with Crippen LogP contribution >= 0.6 is 11.3 Å². The third kappa shape index (κ3) is 6.29. The molecule has 1 aliphatic rings. The summed E-state index contributed by atoms with van der Waals surface area (Å²) in [5, 5.41) is 4.99. The number of hydrogen-bond acceptors (Lipinski definition) is 6. The minimum absolute atomic E-state index is 0.0897. The quantitative estimate of drug-likeness (QED) is 0.594. The van der Waals surface area contributed by atoms with Gasteiger partial charge < -0.3 is 10.1 Å². The number of likely N-dealkylation sites (tertiary alicyclic amines) is 1. The highest BCUT2D eigenvalue weighted by atomic mass is 32.2. The Morgan fingerprint density at radius 1 is 1.23 bits per heavy atom. The van der Waals surface area contributed by atoms with E-state index in [9.17, 15) is 13.2 Å². The number of carbonyl (C=O) groups is 1. The number of thiophene rings is 1. The van der Waals surface area contributed by atoms with Gasteiger partial charge in [-0.05, 0) is 74.5 Å². The van der Waals surface area contributed by atoms with E-state index >= 15 is 0 Å². The van der Waals surface area contributed by atoms with Gasteiger partial charge in [-0.25, -0.2) is 8.42 Å². The zero-order valence-electron chi connectivity index (χ0n) is 18.2. The van der Waals surface area contributed by atoms with Gasteiger partial charge in [-0.3, -0.25) is 9.69 Å². The number of amides is 1. The maximum Gasteiger partial charge on any atom is 0.241 e. The minimum atomic E-state index is -3.81. The monoisotopic (exact) mass is 465 g/mol. The summed E-state index contributed by atoms with van der Waals surface area (Å²) >= 11 is 1.68. The molecule has 2 N–H and O–H groups in total. The van der Waals surface area contributed by atoms with Crippen LogP contribution < -0.4 is 14.8 Å². The molecule has 2 heterocycles. The van der Waals surface area contributed by atoms with E-state index < -0.39 is 16.1 Å². The SMILES string of the molecule is COc1ccc(S(=O)(=O)N[C@@H](C)C(=O)NCC(c2cccs2)N2CCC(C)CC2)cc1. The fourth-order valence-corrected chi connectivity index (χ4v) is 5.75. The number of methoxy groups -OCH3 is 1. The smallest absolute Gasteiger partial charge is 0.241 e. The Labute approximate surface area is 188 Å². The molecule has 1 saturated heterocycles. The lowest BCUT2D eigenvalue weighted by Gasteiger charge is -2.36. The molecule has 7 nitrogen and oxygen atoms in total. The van der Waals surface area contributed by atoms with E-state index in [-0.39, 0.29) is 16.8 Å². The van der Waals surface area contributed by atoms with Crippen molar-refractivity contribution >= 4 is 27.3 Å². The van der Waals surface area contributed by atoms with Crippen molar-refractivity contribution in [2.45, 2.75) is 43.7 Å². The molecule has 31 heavy (non-hydrogen) atoms. The Morgan fingerprint density at radius 3 is 2.48 bits per heavy atom. The van der Waals surface area contributed by atoms with E-state index in [0.717, 1.165) is 31.8 Å². The van der Waals surface area contributed by atoms with Gasteiger partial charge in [0.15, 0.2) is 0 Å². The molecule has 1 fully saturated rings. The summed E-state index contributed by atoms with van der Waals surface area (Å²) in [5.74, 6) is 0.947. The molecule has 0 bridgehead atoms. The lowest BCUT2D eigenvalue weighted by molar-refractivity contribution is -0.122. The molecule has 170 valence electrons. The molecule has 0 spiro atoms. The van der Waals surface area contributed by atoms with Crippen molar-refractivity contribution in [2.75, 3.05) is 26.7 Å². The van der Waals surface area contributed by atoms with Gasteiger partial charge in [0.1, 0.15) is 5.75 Å². The molecule has 2 aromatic rings. The van der Waals surface area contributed by atoms with Crippen molar-refractivity contribution in [1.29, 1.82) is 0 Å². The van der Waals surface area contributed by atoms with E-state index in [1.807, 2.05) is 11.4 Å². The van der Waals surface area contributed by atoms with Gasteiger partial charge in [0.05, 0.1) is 24.1 Å². The van der Waals surface area contributed by atoms with Gasteiger partial charge in [0.25, 0.3) is 0 Å².